The van der Waals surface area contributed by atoms with Gasteiger partial charge in [0.2, 0.25) is 10.0 Å². The molecular weight excluding hydrogens is 454 g/mol. The van der Waals surface area contributed by atoms with Gasteiger partial charge in [-0.15, -0.1) is 0 Å². The first-order chi connectivity index (χ1) is 16.2. The maximum Gasteiger partial charge on any atom is 0.252 e. The van der Waals surface area contributed by atoms with Gasteiger partial charge in [0, 0.05) is 5.56 Å². The Morgan fingerprint density at radius 1 is 1.21 bits per heavy atom. The predicted molar refractivity (Wildman–Crippen MR) is 135 cm³/mol. The second-order valence-electron chi connectivity index (χ2n) is 7.99. The number of nitrogen functional groups attached to an aromatic ring is 1. The number of hydrogen-bond acceptors (Lipinski definition) is 6. The zero-order chi connectivity index (χ0) is 24.7. The lowest BCUT2D eigenvalue weighted by Crippen LogP contribution is -2.35. The average molecular weight is 486 g/mol. The van der Waals surface area contributed by atoms with E-state index in [2.05, 4.69) is 5.32 Å². The third-order valence-electron chi connectivity index (χ3n) is 5.58. The number of nitrogens with zero attached hydrogens (tertiary/aromatic N) is 1. The number of hydrogen-bond donors (Lipinski definition) is 4. The molecule has 10 heteroatoms. The molecule has 2 aromatic carbocycles. The van der Waals surface area contributed by atoms with E-state index in [0.29, 0.717) is 17.0 Å². The standard InChI is InChI=1S/C24H31N5O4S/c1-2-34(31,32)29(14-4-6-17-5-3-7-18(15-17)23(25)26)19-8-9-22(21(16-19)24(27)30)33-20-10-12-28-13-11-20/h3-9,15-16,20,28H,2,10-14H2,1H3,(H3,25,26)(H2,27,30)/b6-4+. The summed E-state index contributed by atoms with van der Waals surface area (Å²) >= 11 is 0. The van der Waals surface area contributed by atoms with Gasteiger partial charge in [0.25, 0.3) is 5.91 Å². The van der Waals surface area contributed by atoms with E-state index in [0.717, 1.165) is 31.5 Å². The molecule has 1 aliphatic heterocycles. The first kappa shape index (κ1) is 25.3. The number of rotatable bonds is 10. The minimum Gasteiger partial charge on any atom is -0.489 e. The molecule has 1 aliphatic rings. The van der Waals surface area contributed by atoms with Crippen LogP contribution in [0.4, 0.5) is 5.69 Å². The minimum absolute atomic E-state index is 0.0330. The SMILES string of the molecule is CCS(=O)(=O)N(C/C=C/c1cccc(C(=N)N)c1)c1ccc(OC2CCNCC2)c(C(N)=O)c1. The minimum atomic E-state index is -3.65. The molecule has 9 nitrogen and oxygen atoms in total. The van der Waals surface area contributed by atoms with Crippen molar-refractivity contribution < 1.29 is 17.9 Å². The monoisotopic (exact) mass is 485 g/mol. The number of benzene rings is 2. The summed E-state index contributed by atoms with van der Waals surface area (Å²) in [6.07, 6.45) is 5.05. The van der Waals surface area contributed by atoms with Crippen LogP contribution in [-0.4, -0.2) is 51.7 Å². The third kappa shape index (κ3) is 6.36. The second kappa shape index (κ2) is 11.2. The zero-order valence-electron chi connectivity index (χ0n) is 19.2. The summed E-state index contributed by atoms with van der Waals surface area (Å²) in [6.45, 7) is 3.27. The quantitative estimate of drug-likeness (QED) is 0.299. The van der Waals surface area contributed by atoms with Gasteiger partial charge in [0.1, 0.15) is 17.7 Å². The van der Waals surface area contributed by atoms with Crippen molar-refractivity contribution in [2.24, 2.45) is 11.5 Å². The zero-order valence-corrected chi connectivity index (χ0v) is 20.0. The fourth-order valence-corrected chi connectivity index (χ4v) is 4.75. The molecule has 1 fully saturated rings. The van der Waals surface area contributed by atoms with Crippen molar-refractivity contribution in [1.82, 2.24) is 5.32 Å². The lowest BCUT2D eigenvalue weighted by atomic mass is 10.1. The fourth-order valence-electron chi connectivity index (χ4n) is 3.69. The second-order valence-corrected chi connectivity index (χ2v) is 10.2. The Kier molecular flexibility index (Phi) is 8.30. The molecule has 1 amide bonds. The van der Waals surface area contributed by atoms with Gasteiger partial charge >= 0.3 is 0 Å². The number of piperidine rings is 1. The van der Waals surface area contributed by atoms with Crippen molar-refractivity contribution in [1.29, 1.82) is 5.41 Å². The van der Waals surface area contributed by atoms with Gasteiger partial charge in [0.15, 0.2) is 0 Å². The molecule has 0 saturated carbocycles. The number of sulfonamides is 1. The Morgan fingerprint density at radius 3 is 2.59 bits per heavy atom. The highest BCUT2D eigenvalue weighted by Crippen LogP contribution is 2.29. The van der Waals surface area contributed by atoms with Gasteiger partial charge < -0.3 is 21.5 Å². The van der Waals surface area contributed by atoms with E-state index in [1.54, 1.807) is 49.4 Å². The van der Waals surface area contributed by atoms with E-state index in [1.807, 2.05) is 6.07 Å². The molecule has 34 heavy (non-hydrogen) atoms. The summed E-state index contributed by atoms with van der Waals surface area (Å²) in [5, 5.41) is 10.8. The highest BCUT2D eigenvalue weighted by molar-refractivity contribution is 7.92. The molecule has 0 aromatic heterocycles. The van der Waals surface area contributed by atoms with E-state index >= 15 is 0 Å². The van der Waals surface area contributed by atoms with Crippen LogP contribution in [0.3, 0.4) is 0 Å². The number of carbonyl (C=O) groups is 1. The third-order valence-corrected chi connectivity index (χ3v) is 7.34. The van der Waals surface area contributed by atoms with Crippen molar-refractivity contribution in [3.63, 3.8) is 0 Å². The topological polar surface area (TPSA) is 152 Å². The number of primary amides is 1. The van der Waals surface area contributed by atoms with Crippen molar-refractivity contribution >= 4 is 33.5 Å². The maximum absolute atomic E-state index is 12.9. The summed E-state index contributed by atoms with van der Waals surface area (Å²) in [7, 11) is -3.65. The number of anilines is 1. The fraction of sp³-hybridized carbons (Fsp3) is 0.333. The van der Waals surface area contributed by atoms with Crippen LogP contribution in [0, 0.1) is 5.41 Å². The summed E-state index contributed by atoms with van der Waals surface area (Å²) in [5.41, 5.74) is 13.0. The molecule has 0 unspecified atom stereocenters. The molecule has 3 rings (SSSR count). The molecule has 0 radical (unpaired) electrons. The Bertz CT molecular complexity index is 1170. The van der Waals surface area contributed by atoms with Gasteiger partial charge in [-0.1, -0.05) is 30.4 Å². The van der Waals surface area contributed by atoms with Gasteiger partial charge in [-0.05, 0) is 62.7 Å². The number of carbonyl (C=O) groups excluding carboxylic acids is 1. The molecule has 0 spiro atoms. The first-order valence-corrected chi connectivity index (χ1v) is 12.7. The van der Waals surface area contributed by atoms with Crippen LogP contribution >= 0.6 is 0 Å². The normalized spacial score (nSPS) is 14.7. The summed E-state index contributed by atoms with van der Waals surface area (Å²) < 4.78 is 33.0. The van der Waals surface area contributed by atoms with E-state index in [4.69, 9.17) is 21.6 Å². The van der Waals surface area contributed by atoms with Gasteiger partial charge in [-0.2, -0.15) is 0 Å². The molecule has 2 aromatic rings. The van der Waals surface area contributed by atoms with Crippen molar-refractivity contribution in [2.45, 2.75) is 25.9 Å². The lowest BCUT2D eigenvalue weighted by Gasteiger charge is -2.26. The molecular formula is C24H31N5O4S. The number of amides is 1. The highest BCUT2D eigenvalue weighted by atomic mass is 32.2. The molecule has 0 atom stereocenters. The maximum atomic E-state index is 12.9. The van der Waals surface area contributed by atoms with E-state index in [-0.39, 0.29) is 29.8 Å². The van der Waals surface area contributed by atoms with E-state index in [1.165, 1.54) is 10.4 Å². The Morgan fingerprint density at radius 2 is 1.94 bits per heavy atom. The Hall–Kier alpha value is -3.37. The lowest BCUT2D eigenvalue weighted by molar-refractivity contribution is 0.0989. The number of amidine groups is 1. The van der Waals surface area contributed by atoms with Gasteiger partial charge in [-0.25, -0.2) is 8.42 Å². The van der Waals surface area contributed by atoms with Crippen molar-refractivity contribution in [3.8, 4) is 5.75 Å². The number of ether oxygens (including phenoxy) is 1. The molecule has 0 bridgehead atoms. The summed E-state index contributed by atoms with van der Waals surface area (Å²) in [4.78, 5) is 12.2. The number of nitrogens with one attached hydrogen (secondary N) is 2. The van der Waals surface area contributed by atoms with Crippen LogP contribution < -0.4 is 25.8 Å². The van der Waals surface area contributed by atoms with Crippen LogP contribution in [0.25, 0.3) is 6.08 Å². The van der Waals surface area contributed by atoms with Crippen LogP contribution in [0.15, 0.2) is 48.5 Å². The first-order valence-electron chi connectivity index (χ1n) is 11.1. The molecule has 1 heterocycles. The smallest absolute Gasteiger partial charge is 0.252 e. The van der Waals surface area contributed by atoms with E-state index < -0.39 is 15.9 Å². The number of nitrogens with two attached hydrogens (primary N) is 2. The van der Waals surface area contributed by atoms with Crippen LogP contribution in [0.5, 0.6) is 5.75 Å². The van der Waals surface area contributed by atoms with Crippen molar-refractivity contribution in [2.75, 3.05) is 29.7 Å². The van der Waals surface area contributed by atoms with Crippen LogP contribution in [0.2, 0.25) is 0 Å². The van der Waals surface area contributed by atoms with Gasteiger partial charge in [-0.3, -0.25) is 14.5 Å². The largest absolute Gasteiger partial charge is 0.489 e. The molecule has 1 saturated heterocycles. The Labute approximate surface area is 200 Å². The summed E-state index contributed by atoms with van der Waals surface area (Å²) in [6, 6.07) is 11.8. The molecule has 0 aliphatic carbocycles. The summed E-state index contributed by atoms with van der Waals surface area (Å²) in [5.74, 6) is -0.485. The Balaban J connectivity index is 1.88. The van der Waals surface area contributed by atoms with Crippen LogP contribution in [0.1, 0.15) is 41.3 Å². The van der Waals surface area contributed by atoms with E-state index in [9.17, 15) is 13.2 Å². The van der Waals surface area contributed by atoms with Crippen molar-refractivity contribution in [3.05, 3.63) is 65.2 Å². The molecule has 6 N–H and O–H groups in total. The van der Waals surface area contributed by atoms with Crippen LogP contribution in [-0.2, 0) is 10.0 Å². The highest BCUT2D eigenvalue weighted by Gasteiger charge is 2.23. The predicted octanol–water partition coefficient (Wildman–Crippen LogP) is 2.07. The average Bonchev–Trinajstić information content (AvgIpc) is 2.83. The van der Waals surface area contributed by atoms with Gasteiger partial charge in [0.05, 0.1) is 23.5 Å². The molecule has 182 valence electrons.